The number of carbonyl (C=O) groups excluding carboxylic acids is 1. The molecule has 53 heavy (non-hydrogen) atoms. The lowest BCUT2D eigenvalue weighted by molar-refractivity contribution is -0.128. The molecule has 2 aromatic heterocycles. The van der Waals surface area contributed by atoms with E-state index in [1.165, 1.54) is 0 Å². The molecule has 5 fully saturated rings. The van der Waals surface area contributed by atoms with E-state index >= 15 is 4.39 Å². The number of hydrogen-bond donors (Lipinski definition) is 0. The number of nitrogens with zero attached hydrogens (tertiary/aromatic N) is 8. The molecule has 8 rings (SSSR count). The van der Waals surface area contributed by atoms with Crippen LogP contribution in [0.15, 0.2) is 36.5 Å². The maximum absolute atomic E-state index is 16.9. The van der Waals surface area contributed by atoms with Crippen molar-refractivity contribution in [3.8, 4) is 23.3 Å². The van der Waals surface area contributed by atoms with Gasteiger partial charge in [-0.25, -0.2) is 8.78 Å². The number of alkyl halides is 1. The molecule has 11 nitrogen and oxygen atoms in total. The van der Waals surface area contributed by atoms with E-state index in [2.05, 4.69) is 25.8 Å². The summed E-state index contributed by atoms with van der Waals surface area (Å²) in [5.74, 6) is -0.0893. The molecule has 14 heteroatoms. The third kappa shape index (κ3) is 7.19. The van der Waals surface area contributed by atoms with Gasteiger partial charge in [-0.15, -0.1) is 0 Å². The number of amides is 1. The molecule has 6 heterocycles. The van der Waals surface area contributed by atoms with Gasteiger partial charge >= 0.3 is 6.01 Å². The minimum absolute atomic E-state index is 0.00325. The van der Waals surface area contributed by atoms with Crippen molar-refractivity contribution in [1.29, 1.82) is 5.26 Å². The second kappa shape index (κ2) is 15.1. The zero-order valence-electron chi connectivity index (χ0n) is 30.0. The minimum Gasteiger partial charge on any atom is -0.461 e. The molecule has 0 unspecified atom stereocenters. The third-order valence-corrected chi connectivity index (χ3v) is 12.1. The first-order chi connectivity index (χ1) is 25.8. The van der Waals surface area contributed by atoms with Gasteiger partial charge in [0.1, 0.15) is 29.8 Å². The maximum atomic E-state index is 16.9. The van der Waals surface area contributed by atoms with E-state index in [9.17, 15) is 14.4 Å². The summed E-state index contributed by atoms with van der Waals surface area (Å²) in [7, 11) is 1.72. The smallest absolute Gasteiger partial charge is 0.319 e. The standard InChI is InChI=1S/C39H45ClF2N8O3/c1-52-28-11-16-47(23-28)14-3-7-32(51)50-18-17-48(22-27(50)10-13-43)37-30-20-44-35(29-5-2-6-31(40)33(29)25-8-9-25)34(42)36(30)45-38(46-37)53-24-39-12-4-15-49(39)21-26(41)19-39/h2-3,5-7,20,25-28H,4,8-12,14-19,21-24H2,1H3/b7-3+/t26-,27+,28+,39+/m1/s1. The number of hydrogen-bond acceptors (Lipinski definition) is 10. The predicted octanol–water partition coefficient (Wildman–Crippen LogP) is 5.52. The van der Waals surface area contributed by atoms with E-state index in [0.717, 1.165) is 57.3 Å². The number of piperazine rings is 1. The summed E-state index contributed by atoms with van der Waals surface area (Å²) in [5, 5.41) is 10.8. The van der Waals surface area contributed by atoms with Crippen molar-refractivity contribution in [1.82, 2.24) is 29.7 Å². The summed E-state index contributed by atoms with van der Waals surface area (Å²) in [4.78, 5) is 35.7. The van der Waals surface area contributed by atoms with E-state index in [1.807, 2.05) is 23.1 Å². The minimum atomic E-state index is -0.925. The molecule has 0 bridgehead atoms. The van der Waals surface area contributed by atoms with Gasteiger partial charge in [0.2, 0.25) is 5.91 Å². The van der Waals surface area contributed by atoms with Gasteiger partial charge in [0.25, 0.3) is 0 Å². The normalized spacial score (nSPS) is 26.5. The number of benzene rings is 1. The number of aromatic nitrogens is 3. The lowest BCUT2D eigenvalue weighted by Crippen LogP contribution is -2.55. The molecular formula is C39H45ClF2N8O3. The first-order valence-electron chi connectivity index (χ1n) is 18.8. The maximum Gasteiger partial charge on any atom is 0.319 e. The van der Waals surface area contributed by atoms with Crippen LogP contribution in [0.4, 0.5) is 14.6 Å². The van der Waals surface area contributed by atoms with Crippen LogP contribution in [0.2, 0.25) is 5.02 Å². The zero-order valence-corrected chi connectivity index (χ0v) is 30.8. The number of nitriles is 1. The lowest BCUT2D eigenvalue weighted by Gasteiger charge is -2.41. The van der Waals surface area contributed by atoms with Crippen LogP contribution >= 0.6 is 11.6 Å². The van der Waals surface area contributed by atoms with E-state index in [0.29, 0.717) is 60.9 Å². The van der Waals surface area contributed by atoms with Crippen LogP contribution < -0.4 is 9.64 Å². The number of anilines is 1. The van der Waals surface area contributed by atoms with Crippen molar-refractivity contribution in [2.45, 2.75) is 74.7 Å². The monoisotopic (exact) mass is 746 g/mol. The average Bonchev–Trinajstić information content (AvgIpc) is 3.62. The van der Waals surface area contributed by atoms with Gasteiger partial charge < -0.3 is 19.3 Å². The van der Waals surface area contributed by atoms with Crippen LogP contribution in [0.1, 0.15) is 56.4 Å². The number of halogens is 3. The van der Waals surface area contributed by atoms with E-state index in [4.69, 9.17) is 26.1 Å². The Bertz CT molecular complexity index is 1940. The second-order valence-electron chi connectivity index (χ2n) is 15.2. The Morgan fingerprint density at radius 2 is 2.02 bits per heavy atom. The summed E-state index contributed by atoms with van der Waals surface area (Å²) >= 11 is 6.64. The molecule has 280 valence electrons. The number of rotatable bonds is 11. The SMILES string of the molecule is CO[C@H]1CCN(C/C=C/C(=O)N2CCN(c3nc(OC[C@@]45CCCN4C[C@H](F)C5)nc4c(F)c(-c5cccc(Cl)c5C5CC5)ncc34)C[C@@H]2CC#N)C1. The van der Waals surface area contributed by atoms with Crippen molar-refractivity contribution in [2.24, 2.45) is 0 Å². The number of carbonyl (C=O) groups is 1. The molecule has 1 aromatic carbocycles. The van der Waals surface area contributed by atoms with Gasteiger partial charge in [-0.05, 0) is 56.2 Å². The topological polar surface area (TPSA) is 111 Å². The fourth-order valence-corrected chi connectivity index (χ4v) is 9.19. The summed E-state index contributed by atoms with van der Waals surface area (Å²) in [6, 6.07) is 7.28. The summed E-state index contributed by atoms with van der Waals surface area (Å²) in [5.41, 5.74) is 1.30. The van der Waals surface area contributed by atoms with Crippen LogP contribution in [0.5, 0.6) is 6.01 Å². The van der Waals surface area contributed by atoms with E-state index in [-0.39, 0.29) is 48.2 Å². The molecule has 4 aliphatic heterocycles. The number of pyridine rings is 1. The summed E-state index contributed by atoms with van der Waals surface area (Å²) < 4.78 is 43.2. The highest BCUT2D eigenvalue weighted by Crippen LogP contribution is 2.48. The molecule has 4 atom stereocenters. The van der Waals surface area contributed by atoms with Gasteiger partial charge in [-0.1, -0.05) is 29.8 Å². The Morgan fingerprint density at radius 3 is 2.81 bits per heavy atom. The van der Waals surface area contributed by atoms with Gasteiger partial charge in [-0.2, -0.15) is 15.2 Å². The number of ether oxygens (including phenoxy) is 2. The van der Waals surface area contributed by atoms with Gasteiger partial charge in [0, 0.05) is 82.2 Å². The zero-order chi connectivity index (χ0) is 36.7. The van der Waals surface area contributed by atoms with Crippen LogP contribution in [-0.2, 0) is 9.53 Å². The largest absolute Gasteiger partial charge is 0.461 e. The molecule has 1 aliphatic carbocycles. The first-order valence-corrected chi connectivity index (χ1v) is 19.2. The quantitative estimate of drug-likeness (QED) is 0.233. The molecule has 5 aliphatic rings. The Labute approximate surface area is 313 Å². The van der Waals surface area contributed by atoms with Crippen molar-refractivity contribution >= 4 is 34.2 Å². The van der Waals surface area contributed by atoms with Crippen LogP contribution in [0.3, 0.4) is 0 Å². The van der Waals surface area contributed by atoms with Crippen molar-refractivity contribution < 1.29 is 23.0 Å². The predicted molar refractivity (Wildman–Crippen MR) is 197 cm³/mol. The highest BCUT2D eigenvalue weighted by molar-refractivity contribution is 6.32. The molecule has 0 radical (unpaired) electrons. The fourth-order valence-electron chi connectivity index (χ4n) is 8.86. The Kier molecular flexibility index (Phi) is 10.2. The molecule has 1 saturated carbocycles. The number of methoxy groups -OCH3 is 1. The van der Waals surface area contributed by atoms with Crippen molar-refractivity contribution in [3.63, 3.8) is 0 Å². The number of fused-ring (bicyclic) bond motifs is 2. The molecule has 3 aromatic rings. The van der Waals surface area contributed by atoms with E-state index in [1.54, 1.807) is 30.3 Å². The Hall–Kier alpha value is -3.96. The Morgan fingerprint density at radius 1 is 1.15 bits per heavy atom. The highest BCUT2D eigenvalue weighted by Gasteiger charge is 2.49. The summed E-state index contributed by atoms with van der Waals surface area (Å²) in [6.45, 7) is 4.79. The Balaban J connectivity index is 1.10. The molecule has 0 spiro atoms. The van der Waals surface area contributed by atoms with Crippen LogP contribution in [0, 0.1) is 17.1 Å². The summed E-state index contributed by atoms with van der Waals surface area (Å²) in [6.07, 6.45) is 9.53. The van der Waals surface area contributed by atoms with Gasteiger partial charge in [0.05, 0.1) is 35.6 Å². The average molecular weight is 747 g/mol. The van der Waals surface area contributed by atoms with Crippen molar-refractivity contribution in [3.05, 3.63) is 53.0 Å². The molecular weight excluding hydrogens is 702 g/mol. The van der Waals surface area contributed by atoms with Gasteiger partial charge in [0.15, 0.2) is 5.82 Å². The number of likely N-dealkylation sites (tertiary alicyclic amines) is 1. The fraction of sp³-hybridized carbons (Fsp3) is 0.564. The molecule has 1 amide bonds. The van der Waals surface area contributed by atoms with Crippen molar-refractivity contribution in [2.75, 3.05) is 71.0 Å². The van der Waals surface area contributed by atoms with Crippen LogP contribution in [0.25, 0.3) is 22.2 Å². The molecule has 4 saturated heterocycles. The van der Waals surface area contributed by atoms with E-state index < -0.39 is 23.6 Å². The highest BCUT2D eigenvalue weighted by atomic mass is 35.5. The van der Waals surface area contributed by atoms with Crippen LogP contribution in [-0.4, -0.2) is 125 Å². The third-order valence-electron chi connectivity index (χ3n) is 11.7. The first kappa shape index (κ1) is 36.0. The van der Waals surface area contributed by atoms with Gasteiger partial charge in [-0.3, -0.25) is 19.6 Å². The second-order valence-corrected chi connectivity index (χ2v) is 15.6. The lowest BCUT2D eigenvalue weighted by atomic mass is 9.95. The molecule has 0 N–H and O–H groups in total.